The van der Waals surface area contributed by atoms with Crippen LogP contribution in [0.1, 0.15) is 589 Å². The molecule has 0 aromatic carbocycles. The molecule has 672 valence electrons. The molecule has 0 aliphatic heterocycles. The van der Waals surface area contributed by atoms with E-state index in [2.05, 4.69) is 95.4 Å². The summed E-state index contributed by atoms with van der Waals surface area (Å²) in [5, 5.41) is 13.6. The first kappa shape index (κ1) is 111. The monoisotopic (exact) mass is 1590 g/mol. The Morgan fingerprint density at radius 1 is 0.239 bits per heavy atom. The molecule has 4 N–H and O–H groups in total. The number of hydrogen-bond donors (Lipinski definition) is 4. The molecule has 0 heterocycles. The van der Waals surface area contributed by atoms with Crippen LogP contribution < -0.4 is 21.3 Å². The highest BCUT2D eigenvalue weighted by molar-refractivity contribution is 5.76. The van der Waals surface area contributed by atoms with Crippen molar-refractivity contribution in [3.05, 3.63) is 0 Å². The summed E-state index contributed by atoms with van der Waals surface area (Å²) in [6.45, 7) is 27.1. The normalized spacial score (nSPS) is 12.8. The molecule has 9 nitrogen and oxygen atoms in total. The molecule has 0 bridgehead atoms. The number of nitrogens with zero attached hydrogens (tertiary/aromatic N) is 1. The van der Waals surface area contributed by atoms with E-state index in [0.29, 0.717) is 51.9 Å². The Morgan fingerprint density at radius 3 is 0.637 bits per heavy atom. The maximum Gasteiger partial charge on any atom is 0.220 e. The Bertz CT molecular complexity index is 1990. The van der Waals surface area contributed by atoms with Crippen molar-refractivity contribution in [2.45, 2.75) is 600 Å². The Kier molecular flexibility index (Phi) is 83.2. The number of nitrogens with one attached hydrogen (secondary N) is 4. The summed E-state index contributed by atoms with van der Waals surface area (Å²) in [5.74, 6) is 0.921. The minimum atomic E-state index is -0.321. The zero-order valence-corrected chi connectivity index (χ0v) is 79.0. The van der Waals surface area contributed by atoms with Gasteiger partial charge >= 0.3 is 0 Å². The van der Waals surface area contributed by atoms with Gasteiger partial charge in [0.25, 0.3) is 0 Å². The second-order valence-electron chi connectivity index (χ2n) is 37.8. The minimum Gasteiger partial charge on any atom is -0.356 e. The highest BCUT2D eigenvalue weighted by atomic mass is 16.2. The molecule has 0 spiro atoms. The summed E-state index contributed by atoms with van der Waals surface area (Å²) in [6, 6.07) is 0. The van der Waals surface area contributed by atoms with Crippen molar-refractivity contribution in [3.63, 3.8) is 0 Å². The lowest BCUT2D eigenvalue weighted by Crippen LogP contribution is -2.68. The van der Waals surface area contributed by atoms with Gasteiger partial charge < -0.3 is 21.3 Å². The summed E-state index contributed by atoms with van der Waals surface area (Å²) in [5.41, 5.74) is -0.704. The first-order valence-corrected chi connectivity index (χ1v) is 52.1. The van der Waals surface area contributed by atoms with Crippen molar-refractivity contribution >= 4 is 23.6 Å². The smallest absolute Gasteiger partial charge is 0.220 e. The minimum absolute atomic E-state index is 0.145. The van der Waals surface area contributed by atoms with Crippen LogP contribution in [0, 0.1) is 11.3 Å². The lowest BCUT2D eigenvalue weighted by molar-refractivity contribution is -0.125. The van der Waals surface area contributed by atoms with E-state index < -0.39 is 0 Å². The van der Waals surface area contributed by atoms with Crippen LogP contribution in [0.4, 0.5) is 0 Å². The SMILES string of the molecule is CCCCCCCCCCCCCCCCCCCCCC(=O)NCCC(C)C(C)(CCCNC(=O)CCCCCCCCCCCCCCCCCCC)N(CCNC(=O)CCCCCCCCCCCCCCCCCCC)C(CC)(CC)C(C)(C)CCCNC(=O)CCCCCCCCCCCCCCCCCCC. The molecule has 4 amide bonds. The van der Waals surface area contributed by atoms with Crippen LogP contribution in [0.15, 0.2) is 0 Å². The quantitative estimate of drug-likeness (QED) is 0.0452. The lowest BCUT2D eigenvalue weighted by Gasteiger charge is -2.61. The summed E-state index contributed by atoms with van der Waals surface area (Å²) >= 11 is 0. The highest BCUT2D eigenvalue weighted by Gasteiger charge is 2.53. The third-order valence-corrected chi connectivity index (χ3v) is 27.2. The molecule has 0 fully saturated rings. The van der Waals surface area contributed by atoms with Crippen LogP contribution in [0.25, 0.3) is 0 Å². The molecular formula is C104H207N5O4. The van der Waals surface area contributed by atoms with E-state index in [1.165, 1.54) is 398 Å². The average molecular weight is 1590 g/mol. The molecule has 0 aromatic rings. The van der Waals surface area contributed by atoms with Gasteiger partial charge in [0, 0.05) is 69.5 Å². The molecular weight excluding hydrogens is 1380 g/mol. The number of rotatable bonds is 94. The van der Waals surface area contributed by atoms with Crippen molar-refractivity contribution in [2.75, 3.05) is 32.7 Å². The Balaban J connectivity index is 6.03. The van der Waals surface area contributed by atoms with Crippen molar-refractivity contribution in [1.29, 1.82) is 0 Å². The number of carbonyl (C=O) groups is 4. The van der Waals surface area contributed by atoms with Gasteiger partial charge in [0.15, 0.2) is 0 Å². The van der Waals surface area contributed by atoms with Gasteiger partial charge in [0.2, 0.25) is 23.6 Å². The first-order chi connectivity index (χ1) is 55.2. The Hall–Kier alpha value is -2.16. The van der Waals surface area contributed by atoms with Gasteiger partial charge in [0.1, 0.15) is 0 Å². The second-order valence-corrected chi connectivity index (χ2v) is 37.8. The van der Waals surface area contributed by atoms with Crippen LogP contribution in [-0.4, -0.2) is 72.3 Å². The standard InChI is InChI=1S/C104H207N5O4/c1-11-17-21-25-29-33-37-41-45-49-50-54-58-61-65-69-73-77-81-87-100(112)107-94-89-97(7)103(10,91-84-93-106-99(111)86-80-76-72-68-64-60-56-52-47-43-39-35-31-27-23-19-13-3)109(96-95-108-101(113)88-82-78-74-70-66-62-57-53-48-44-40-36-32-28-24-20-14-4)104(15-5,16-6)102(8,9)90-83-92-105-98(110)85-79-75-71-67-63-59-55-51-46-42-38-34-30-26-22-18-12-2/h97H,11-96H2,1-10H3,(H,105,110)(H,106,111)(H,107,112)(H,108,113). The highest BCUT2D eigenvalue weighted by Crippen LogP contribution is 2.50. The number of amides is 4. The predicted octanol–water partition coefficient (Wildman–Crippen LogP) is 32.6. The van der Waals surface area contributed by atoms with Gasteiger partial charge in [-0.1, -0.05) is 486 Å². The van der Waals surface area contributed by atoms with E-state index in [4.69, 9.17) is 0 Å². The van der Waals surface area contributed by atoms with E-state index in [1.807, 2.05) is 0 Å². The summed E-state index contributed by atoms with van der Waals surface area (Å²) in [7, 11) is 0. The van der Waals surface area contributed by atoms with Gasteiger partial charge in [-0.05, 0) is 88.9 Å². The molecule has 2 unspecified atom stereocenters. The van der Waals surface area contributed by atoms with Crippen LogP contribution in [-0.2, 0) is 19.2 Å². The molecule has 0 rings (SSSR count). The number of carbonyl (C=O) groups excluding carboxylic acids is 4. The molecule has 0 aliphatic rings. The molecule has 9 heteroatoms. The van der Waals surface area contributed by atoms with E-state index in [9.17, 15) is 19.2 Å². The third kappa shape index (κ3) is 68.2. The fraction of sp³-hybridized carbons (Fsp3) is 0.962. The number of hydrogen-bond acceptors (Lipinski definition) is 5. The van der Waals surface area contributed by atoms with Crippen LogP contribution in [0.3, 0.4) is 0 Å². The summed E-state index contributed by atoms with van der Waals surface area (Å²) in [4.78, 5) is 57.4. The zero-order valence-electron chi connectivity index (χ0n) is 79.0. The third-order valence-electron chi connectivity index (χ3n) is 27.2. The van der Waals surface area contributed by atoms with E-state index in [-0.39, 0.29) is 46.0 Å². The fourth-order valence-electron chi connectivity index (χ4n) is 19.0. The predicted molar refractivity (Wildman–Crippen MR) is 501 cm³/mol. The van der Waals surface area contributed by atoms with Crippen LogP contribution in [0.5, 0.6) is 0 Å². The molecule has 0 aromatic heterocycles. The Labute approximate surface area is 709 Å². The first-order valence-electron chi connectivity index (χ1n) is 52.1. The van der Waals surface area contributed by atoms with E-state index in [0.717, 1.165) is 103 Å². The van der Waals surface area contributed by atoms with Gasteiger partial charge in [-0.25, -0.2) is 0 Å². The molecule has 2 atom stereocenters. The van der Waals surface area contributed by atoms with Gasteiger partial charge in [-0.15, -0.1) is 0 Å². The molecule has 0 saturated carbocycles. The maximum atomic E-state index is 13.9. The van der Waals surface area contributed by atoms with Crippen LogP contribution >= 0.6 is 0 Å². The van der Waals surface area contributed by atoms with Crippen LogP contribution in [0.2, 0.25) is 0 Å². The second kappa shape index (κ2) is 84.8. The van der Waals surface area contributed by atoms with E-state index >= 15 is 0 Å². The lowest BCUT2D eigenvalue weighted by atomic mass is 9.62. The largest absolute Gasteiger partial charge is 0.356 e. The van der Waals surface area contributed by atoms with Gasteiger partial charge in [-0.2, -0.15) is 0 Å². The summed E-state index contributed by atoms with van der Waals surface area (Å²) < 4.78 is 0. The van der Waals surface area contributed by atoms with Gasteiger partial charge in [0.05, 0.1) is 0 Å². The maximum absolute atomic E-state index is 13.9. The van der Waals surface area contributed by atoms with Crippen molar-refractivity contribution in [3.8, 4) is 0 Å². The van der Waals surface area contributed by atoms with E-state index in [1.54, 1.807) is 0 Å². The van der Waals surface area contributed by atoms with Crippen molar-refractivity contribution in [2.24, 2.45) is 11.3 Å². The average Bonchev–Trinajstić information content (AvgIpc) is 0.741. The summed E-state index contributed by atoms with van der Waals surface area (Å²) in [6.07, 6.45) is 102. The Morgan fingerprint density at radius 2 is 0.425 bits per heavy atom. The van der Waals surface area contributed by atoms with Gasteiger partial charge in [-0.3, -0.25) is 24.1 Å². The molecule has 0 saturated heterocycles. The molecule has 0 aliphatic carbocycles. The zero-order chi connectivity index (χ0) is 82.6. The van der Waals surface area contributed by atoms with Crippen molar-refractivity contribution < 1.29 is 19.2 Å². The fourth-order valence-corrected chi connectivity index (χ4v) is 19.0. The number of unbranched alkanes of at least 4 members (excludes halogenated alkanes) is 66. The topological polar surface area (TPSA) is 120 Å². The molecule has 113 heavy (non-hydrogen) atoms. The molecule has 0 radical (unpaired) electrons. The van der Waals surface area contributed by atoms with Crippen molar-refractivity contribution in [1.82, 2.24) is 26.2 Å².